The first-order chi connectivity index (χ1) is 11.1. The van der Waals surface area contributed by atoms with Gasteiger partial charge in [-0.1, -0.05) is 0 Å². The SMILES string of the molecule is COCC1C(OC)C(CO)OC1n1cnc2c(N)nc(N)nc21. The molecular weight excluding hydrogens is 304 g/mol. The zero-order valence-electron chi connectivity index (χ0n) is 12.9. The number of nitrogens with two attached hydrogens (primary N) is 2. The Morgan fingerprint density at radius 1 is 1.35 bits per heavy atom. The van der Waals surface area contributed by atoms with Crippen molar-refractivity contribution in [2.45, 2.75) is 18.4 Å². The van der Waals surface area contributed by atoms with Gasteiger partial charge in [-0.15, -0.1) is 0 Å². The molecule has 0 aliphatic carbocycles. The standard InChI is InChI=1S/C13H20N6O4/c1-21-4-6-9(22-2)7(3-20)23-12(6)19-5-16-8-10(14)17-13(15)18-11(8)19/h5-7,9,12,20H,3-4H2,1-2H3,(H4,14,15,17,18). The molecular formula is C13H20N6O4. The third kappa shape index (κ3) is 2.59. The van der Waals surface area contributed by atoms with Crippen LogP contribution in [0.5, 0.6) is 0 Å². The van der Waals surface area contributed by atoms with Crippen LogP contribution in [0.4, 0.5) is 11.8 Å². The first kappa shape index (κ1) is 15.9. The van der Waals surface area contributed by atoms with Crippen molar-refractivity contribution in [1.29, 1.82) is 0 Å². The van der Waals surface area contributed by atoms with Crippen LogP contribution < -0.4 is 11.5 Å². The minimum absolute atomic E-state index is 0.0556. The number of aromatic nitrogens is 4. The topological polar surface area (TPSA) is 144 Å². The average molecular weight is 324 g/mol. The first-order valence-electron chi connectivity index (χ1n) is 7.14. The van der Waals surface area contributed by atoms with Crippen LogP contribution in [0.25, 0.3) is 11.2 Å². The van der Waals surface area contributed by atoms with Crippen molar-refractivity contribution in [2.75, 3.05) is 38.9 Å². The molecule has 4 unspecified atom stereocenters. The largest absolute Gasteiger partial charge is 0.394 e. The summed E-state index contributed by atoms with van der Waals surface area (Å²) >= 11 is 0. The highest BCUT2D eigenvalue weighted by Crippen LogP contribution is 2.38. The van der Waals surface area contributed by atoms with Gasteiger partial charge in [-0.25, -0.2) is 4.98 Å². The second-order valence-corrected chi connectivity index (χ2v) is 5.36. The molecule has 0 saturated carbocycles. The van der Waals surface area contributed by atoms with E-state index in [0.717, 1.165) is 0 Å². The van der Waals surface area contributed by atoms with E-state index in [2.05, 4.69) is 15.0 Å². The number of aliphatic hydroxyl groups excluding tert-OH is 1. The first-order valence-corrected chi connectivity index (χ1v) is 7.14. The molecule has 1 saturated heterocycles. The summed E-state index contributed by atoms with van der Waals surface area (Å²) in [6.45, 7) is 0.219. The predicted octanol–water partition coefficient (Wildman–Crippen LogP) is -0.842. The molecule has 10 nitrogen and oxygen atoms in total. The molecule has 1 fully saturated rings. The quantitative estimate of drug-likeness (QED) is 0.641. The summed E-state index contributed by atoms with van der Waals surface area (Å²) in [5.41, 5.74) is 12.4. The maximum Gasteiger partial charge on any atom is 0.224 e. The lowest BCUT2D eigenvalue weighted by molar-refractivity contribution is -0.0521. The molecule has 23 heavy (non-hydrogen) atoms. The highest BCUT2D eigenvalue weighted by Gasteiger charge is 2.46. The monoisotopic (exact) mass is 324 g/mol. The second-order valence-electron chi connectivity index (χ2n) is 5.36. The average Bonchev–Trinajstić information content (AvgIpc) is 3.08. The number of methoxy groups -OCH3 is 2. The van der Waals surface area contributed by atoms with Gasteiger partial charge < -0.3 is 30.8 Å². The van der Waals surface area contributed by atoms with E-state index in [-0.39, 0.29) is 30.4 Å². The molecule has 5 N–H and O–H groups in total. The number of nitrogens with zero attached hydrogens (tertiary/aromatic N) is 4. The third-order valence-corrected chi connectivity index (χ3v) is 4.02. The summed E-state index contributed by atoms with van der Waals surface area (Å²) in [5.74, 6) is 0.103. The fourth-order valence-corrected chi connectivity index (χ4v) is 3.05. The molecule has 4 atom stereocenters. The van der Waals surface area contributed by atoms with Crippen molar-refractivity contribution < 1.29 is 19.3 Å². The van der Waals surface area contributed by atoms with Gasteiger partial charge in [-0.2, -0.15) is 9.97 Å². The number of rotatable bonds is 5. The molecule has 1 aliphatic heterocycles. The van der Waals surface area contributed by atoms with Gasteiger partial charge in [0.15, 0.2) is 11.5 Å². The van der Waals surface area contributed by atoms with E-state index in [1.54, 1.807) is 25.1 Å². The van der Waals surface area contributed by atoms with E-state index in [1.165, 1.54) is 0 Å². The Kier molecular flexibility index (Phi) is 4.31. The van der Waals surface area contributed by atoms with Crippen LogP contribution in [-0.4, -0.2) is 64.3 Å². The van der Waals surface area contributed by atoms with Gasteiger partial charge in [0, 0.05) is 14.2 Å². The maximum atomic E-state index is 9.53. The molecule has 2 aromatic rings. The van der Waals surface area contributed by atoms with Gasteiger partial charge in [0.05, 0.1) is 31.6 Å². The highest BCUT2D eigenvalue weighted by molar-refractivity contribution is 5.82. The zero-order chi connectivity index (χ0) is 16.6. The van der Waals surface area contributed by atoms with E-state index >= 15 is 0 Å². The minimum atomic E-state index is -0.476. The van der Waals surface area contributed by atoms with Crippen LogP contribution in [0.1, 0.15) is 6.23 Å². The summed E-state index contributed by atoms with van der Waals surface area (Å²) in [6, 6.07) is 0. The molecule has 0 bridgehead atoms. The summed E-state index contributed by atoms with van der Waals surface area (Å²) in [7, 11) is 3.17. The lowest BCUT2D eigenvalue weighted by atomic mass is 10.0. The number of hydrogen-bond donors (Lipinski definition) is 3. The van der Waals surface area contributed by atoms with Crippen LogP contribution in [-0.2, 0) is 14.2 Å². The molecule has 3 heterocycles. The normalized spacial score (nSPS) is 27.8. The summed E-state index contributed by atoms with van der Waals surface area (Å²) in [4.78, 5) is 12.3. The van der Waals surface area contributed by atoms with Crippen molar-refractivity contribution in [2.24, 2.45) is 5.92 Å². The Hall–Kier alpha value is -2.01. The van der Waals surface area contributed by atoms with Gasteiger partial charge >= 0.3 is 0 Å². The predicted molar refractivity (Wildman–Crippen MR) is 81.3 cm³/mol. The van der Waals surface area contributed by atoms with Crippen molar-refractivity contribution in [1.82, 2.24) is 19.5 Å². The molecule has 2 aromatic heterocycles. The molecule has 126 valence electrons. The Morgan fingerprint density at radius 3 is 2.78 bits per heavy atom. The summed E-state index contributed by atoms with van der Waals surface area (Å²) in [6.07, 6.45) is 0.295. The van der Waals surface area contributed by atoms with Gasteiger partial charge in [0.2, 0.25) is 5.95 Å². The van der Waals surface area contributed by atoms with Crippen LogP contribution in [0, 0.1) is 5.92 Å². The number of aliphatic hydroxyl groups is 1. The second kappa shape index (κ2) is 6.24. The van der Waals surface area contributed by atoms with Crippen molar-refractivity contribution >= 4 is 22.9 Å². The fraction of sp³-hybridized carbons (Fsp3) is 0.615. The van der Waals surface area contributed by atoms with E-state index in [1.807, 2.05) is 0 Å². The number of fused-ring (bicyclic) bond motifs is 1. The molecule has 10 heteroatoms. The fourth-order valence-electron chi connectivity index (χ4n) is 3.05. The number of imidazole rings is 1. The molecule has 1 aliphatic rings. The lowest BCUT2D eigenvalue weighted by Crippen LogP contribution is -2.33. The molecule has 0 radical (unpaired) electrons. The molecule has 3 rings (SSSR count). The van der Waals surface area contributed by atoms with Crippen LogP contribution >= 0.6 is 0 Å². The Morgan fingerprint density at radius 2 is 2.13 bits per heavy atom. The molecule has 0 spiro atoms. The van der Waals surface area contributed by atoms with E-state index in [9.17, 15) is 5.11 Å². The van der Waals surface area contributed by atoms with Crippen molar-refractivity contribution in [3.8, 4) is 0 Å². The molecule has 0 aromatic carbocycles. The third-order valence-electron chi connectivity index (χ3n) is 4.02. The summed E-state index contributed by atoms with van der Waals surface area (Å²) < 4.78 is 18.4. The van der Waals surface area contributed by atoms with Gasteiger partial charge in [-0.3, -0.25) is 4.57 Å². The van der Waals surface area contributed by atoms with Crippen molar-refractivity contribution in [3.05, 3.63) is 6.33 Å². The van der Waals surface area contributed by atoms with E-state index < -0.39 is 12.3 Å². The van der Waals surface area contributed by atoms with E-state index in [0.29, 0.717) is 17.8 Å². The van der Waals surface area contributed by atoms with Crippen LogP contribution in [0.15, 0.2) is 6.33 Å². The summed E-state index contributed by atoms with van der Waals surface area (Å²) in [5, 5.41) is 9.53. The minimum Gasteiger partial charge on any atom is -0.394 e. The smallest absolute Gasteiger partial charge is 0.224 e. The van der Waals surface area contributed by atoms with E-state index in [4.69, 9.17) is 25.7 Å². The highest BCUT2D eigenvalue weighted by atomic mass is 16.6. The van der Waals surface area contributed by atoms with Crippen LogP contribution in [0.2, 0.25) is 0 Å². The number of hydrogen-bond acceptors (Lipinski definition) is 9. The Balaban J connectivity index is 2.05. The zero-order valence-corrected chi connectivity index (χ0v) is 12.9. The Labute approximate surface area is 132 Å². The number of nitrogen functional groups attached to an aromatic ring is 2. The molecule has 0 amide bonds. The van der Waals surface area contributed by atoms with Gasteiger partial charge in [-0.05, 0) is 0 Å². The van der Waals surface area contributed by atoms with Crippen molar-refractivity contribution in [3.63, 3.8) is 0 Å². The number of ether oxygens (including phenoxy) is 3. The van der Waals surface area contributed by atoms with Gasteiger partial charge in [0.1, 0.15) is 17.8 Å². The van der Waals surface area contributed by atoms with Crippen LogP contribution in [0.3, 0.4) is 0 Å². The van der Waals surface area contributed by atoms with Gasteiger partial charge in [0.25, 0.3) is 0 Å². The number of anilines is 2. The maximum absolute atomic E-state index is 9.53. The lowest BCUT2D eigenvalue weighted by Gasteiger charge is -2.22. The Bertz CT molecular complexity index is 692.